The van der Waals surface area contributed by atoms with E-state index in [1.165, 1.54) is 7.11 Å². The van der Waals surface area contributed by atoms with Gasteiger partial charge < -0.3 is 15.6 Å². The number of nitrogens with two attached hydrogens (primary N) is 1. The standard InChI is InChI=1S/C9H12N2O3/c1-14-8(11-9(12)13)6-4-2-3-5-7(6)10/h2-5,8,11H,10H2,1H3,(H,12,13). The first-order chi connectivity index (χ1) is 6.65. The summed E-state index contributed by atoms with van der Waals surface area (Å²) in [7, 11) is 1.41. The van der Waals surface area contributed by atoms with Crippen LogP contribution in [-0.4, -0.2) is 18.3 Å². The Kier molecular flexibility index (Phi) is 3.30. The largest absolute Gasteiger partial charge is 0.465 e. The second-order valence-electron chi connectivity index (χ2n) is 2.69. The highest BCUT2D eigenvalue weighted by Crippen LogP contribution is 2.19. The molecule has 0 saturated carbocycles. The summed E-state index contributed by atoms with van der Waals surface area (Å²) in [6, 6.07) is 6.93. The number of hydrogen-bond donors (Lipinski definition) is 3. The van der Waals surface area contributed by atoms with E-state index in [0.29, 0.717) is 11.3 Å². The van der Waals surface area contributed by atoms with Crippen molar-refractivity contribution in [2.45, 2.75) is 6.23 Å². The number of carboxylic acid groups (broad SMARTS) is 1. The minimum absolute atomic E-state index is 0.494. The Labute approximate surface area is 81.5 Å². The van der Waals surface area contributed by atoms with Gasteiger partial charge in [0, 0.05) is 18.4 Å². The van der Waals surface area contributed by atoms with Gasteiger partial charge in [-0.25, -0.2) is 4.79 Å². The van der Waals surface area contributed by atoms with E-state index in [0.717, 1.165) is 0 Å². The molecule has 1 unspecified atom stereocenters. The Hall–Kier alpha value is -1.75. The minimum atomic E-state index is -1.15. The van der Waals surface area contributed by atoms with Crippen LogP contribution in [0, 0.1) is 0 Å². The molecule has 0 spiro atoms. The van der Waals surface area contributed by atoms with Crippen LogP contribution < -0.4 is 11.1 Å². The van der Waals surface area contributed by atoms with E-state index in [1.807, 2.05) is 0 Å². The summed E-state index contributed by atoms with van der Waals surface area (Å²) in [5, 5.41) is 10.7. The lowest BCUT2D eigenvalue weighted by molar-refractivity contribution is 0.0720. The number of para-hydroxylation sites is 1. The van der Waals surface area contributed by atoms with Crippen molar-refractivity contribution in [2.24, 2.45) is 0 Å². The first-order valence-corrected chi connectivity index (χ1v) is 4.02. The summed E-state index contributed by atoms with van der Waals surface area (Å²) in [4.78, 5) is 10.4. The predicted molar refractivity (Wildman–Crippen MR) is 51.8 cm³/mol. The number of benzene rings is 1. The number of anilines is 1. The molecule has 1 rings (SSSR count). The molecular weight excluding hydrogens is 184 g/mol. The third-order valence-corrected chi connectivity index (χ3v) is 1.77. The van der Waals surface area contributed by atoms with E-state index >= 15 is 0 Å². The smallest absolute Gasteiger partial charge is 0.406 e. The van der Waals surface area contributed by atoms with Crippen LogP contribution in [0.4, 0.5) is 10.5 Å². The average Bonchev–Trinajstić information content (AvgIpc) is 2.15. The number of amides is 1. The topological polar surface area (TPSA) is 84.6 Å². The van der Waals surface area contributed by atoms with Gasteiger partial charge in [-0.2, -0.15) is 0 Å². The Morgan fingerprint density at radius 3 is 2.71 bits per heavy atom. The molecule has 0 aliphatic heterocycles. The van der Waals surface area contributed by atoms with Gasteiger partial charge in [-0.05, 0) is 6.07 Å². The molecular formula is C9H12N2O3. The fraction of sp³-hybridized carbons (Fsp3) is 0.222. The molecule has 0 fully saturated rings. The van der Waals surface area contributed by atoms with Crippen molar-refractivity contribution >= 4 is 11.8 Å². The van der Waals surface area contributed by atoms with Crippen LogP contribution in [0.1, 0.15) is 11.8 Å². The van der Waals surface area contributed by atoms with Gasteiger partial charge in [0.05, 0.1) is 0 Å². The maximum absolute atomic E-state index is 10.4. The normalized spacial score (nSPS) is 12.1. The summed E-state index contributed by atoms with van der Waals surface area (Å²) < 4.78 is 4.96. The molecule has 4 N–H and O–H groups in total. The maximum Gasteiger partial charge on any atom is 0.406 e. The van der Waals surface area contributed by atoms with Crippen LogP contribution >= 0.6 is 0 Å². The van der Waals surface area contributed by atoms with Gasteiger partial charge in [0.1, 0.15) is 0 Å². The highest BCUT2D eigenvalue weighted by molar-refractivity contribution is 5.65. The molecule has 1 aromatic rings. The predicted octanol–water partition coefficient (Wildman–Crippen LogP) is 1.18. The molecule has 0 aliphatic carbocycles. The SMILES string of the molecule is COC(NC(=O)O)c1ccccc1N. The van der Waals surface area contributed by atoms with E-state index in [9.17, 15) is 4.79 Å². The number of nitrogen functional groups attached to an aromatic ring is 1. The number of nitrogens with one attached hydrogen (secondary N) is 1. The number of rotatable bonds is 3. The summed E-state index contributed by atoms with van der Waals surface area (Å²) >= 11 is 0. The second kappa shape index (κ2) is 4.48. The minimum Gasteiger partial charge on any atom is -0.465 e. The molecule has 14 heavy (non-hydrogen) atoms. The fourth-order valence-corrected chi connectivity index (χ4v) is 1.13. The van der Waals surface area contributed by atoms with Gasteiger partial charge in [-0.1, -0.05) is 18.2 Å². The van der Waals surface area contributed by atoms with Crippen LogP contribution in [-0.2, 0) is 4.74 Å². The zero-order valence-electron chi connectivity index (χ0n) is 7.73. The third-order valence-electron chi connectivity index (χ3n) is 1.77. The average molecular weight is 196 g/mol. The van der Waals surface area contributed by atoms with E-state index in [4.69, 9.17) is 15.6 Å². The molecule has 1 aromatic carbocycles. The molecule has 0 aromatic heterocycles. The first kappa shape index (κ1) is 10.3. The molecule has 5 nitrogen and oxygen atoms in total. The van der Waals surface area contributed by atoms with Crippen molar-refractivity contribution in [1.82, 2.24) is 5.32 Å². The molecule has 5 heteroatoms. The molecule has 0 heterocycles. The van der Waals surface area contributed by atoms with Gasteiger partial charge >= 0.3 is 6.09 Å². The van der Waals surface area contributed by atoms with Crippen LogP contribution in [0.3, 0.4) is 0 Å². The number of ether oxygens (including phenoxy) is 1. The summed E-state index contributed by atoms with van der Waals surface area (Å²) in [6.45, 7) is 0. The van der Waals surface area contributed by atoms with Crippen molar-refractivity contribution in [1.29, 1.82) is 0 Å². The molecule has 1 atom stereocenters. The van der Waals surface area contributed by atoms with Gasteiger partial charge in [0.25, 0.3) is 0 Å². The second-order valence-corrected chi connectivity index (χ2v) is 2.69. The summed E-state index contributed by atoms with van der Waals surface area (Å²) in [5.41, 5.74) is 6.76. The molecule has 76 valence electrons. The van der Waals surface area contributed by atoms with Crippen molar-refractivity contribution in [3.8, 4) is 0 Å². The highest BCUT2D eigenvalue weighted by atomic mass is 16.5. The van der Waals surface area contributed by atoms with Crippen molar-refractivity contribution in [3.63, 3.8) is 0 Å². The van der Waals surface area contributed by atoms with Gasteiger partial charge in [-0.3, -0.25) is 5.32 Å². The quantitative estimate of drug-likeness (QED) is 0.500. The number of hydrogen-bond acceptors (Lipinski definition) is 3. The Morgan fingerprint density at radius 1 is 1.57 bits per heavy atom. The monoisotopic (exact) mass is 196 g/mol. The first-order valence-electron chi connectivity index (χ1n) is 4.02. The zero-order chi connectivity index (χ0) is 10.6. The van der Waals surface area contributed by atoms with Crippen molar-refractivity contribution < 1.29 is 14.6 Å². The Balaban J connectivity index is 2.89. The number of carbonyl (C=O) groups is 1. The van der Waals surface area contributed by atoms with Crippen LogP contribution in [0.2, 0.25) is 0 Å². The van der Waals surface area contributed by atoms with E-state index in [1.54, 1.807) is 24.3 Å². The molecule has 0 bridgehead atoms. The lowest BCUT2D eigenvalue weighted by Gasteiger charge is -2.16. The van der Waals surface area contributed by atoms with Crippen molar-refractivity contribution in [3.05, 3.63) is 29.8 Å². The molecule has 0 saturated heterocycles. The summed E-state index contributed by atoms with van der Waals surface area (Å²) in [5.74, 6) is 0. The van der Waals surface area contributed by atoms with Crippen molar-refractivity contribution in [2.75, 3.05) is 12.8 Å². The lowest BCUT2D eigenvalue weighted by Crippen LogP contribution is -2.28. The maximum atomic E-state index is 10.4. The van der Waals surface area contributed by atoms with E-state index in [2.05, 4.69) is 5.32 Å². The molecule has 0 radical (unpaired) electrons. The Morgan fingerprint density at radius 2 is 2.21 bits per heavy atom. The van der Waals surface area contributed by atoms with E-state index < -0.39 is 12.3 Å². The van der Waals surface area contributed by atoms with Gasteiger partial charge in [0.2, 0.25) is 0 Å². The van der Waals surface area contributed by atoms with Crippen LogP contribution in [0.15, 0.2) is 24.3 Å². The Bertz CT molecular complexity index is 328. The van der Waals surface area contributed by atoms with Crippen LogP contribution in [0.5, 0.6) is 0 Å². The molecule has 1 amide bonds. The number of methoxy groups -OCH3 is 1. The van der Waals surface area contributed by atoms with E-state index in [-0.39, 0.29) is 0 Å². The summed E-state index contributed by atoms with van der Waals surface area (Å²) in [6.07, 6.45) is -1.88. The highest BCUT2D eigenvalue weighted by Gasteiger charge is 2.14. The van der Waals surface area contributed by atoms with Gasteiger partial charge in [-0.15, -0.1) is 0 Å². The van der Waals surface area contributed by atoms with Gasteiger partial charge in [0.15, 0.2) is 6.23 Å². The lowest BCUT2D eigenvalue weighted by atomic mass is 10.1. The fourth-order valence-electron chi connectivity index (χ4n) is 1.13. The third kappa shape index (κ3) is 2.37. The zero-order valence-corrected chi connectivity index (χ0v) is 7.73. The molecule has 0 aliphatic rings. The van der Waals surface area contributed by atoms with Crippen LogP contribution in [0.25, 0.3) is 0 Å².